The van der Waals surface area contributed by atoms with Crippen LogP contribution in [0.3, 0.4) is 0 Å². The second-order valence-electron chi connectivity index (χ2n) is 33.8. The number of hydrogen-bond acceptors (Lipinski definition) is 31. The summed E-state index contributed by atoms with van der Waals surface area (Å²) in [5.74, 6) is -7.51. The first-order valence-electron chi connectivity index (χ1n) is 44.7. The maximum absolute atomic E-state index is 15.0. The third-order valence-corrected chi connectivity index (χ3v) is 24.5. The van der Waals surface area contributed by atoms with Gasteiger partial charge in [-0.25, -0.2) is 19.4 Å². The zero-order valence-corrected chi connectivity index (χ0v) is 75.0. The molecule has 2 bridgehead atoms. The molecule has 3 fully saturated rings. The largest absolute Gasteiger partial charge is 0.459 e. The molecular formula is C92H137N11O23. The SMILES string of the molecule is CO[C@H]1C[C@@H]2CC[C@@H](C)[C@@](O)(O2)C(=O)C(=O)N2CCCC[C@H]2C(=O)O[C@H]([C@H](N)C[C@@H]2CC[C@@H](OC)[C@H](OC)C2)C[C@@H](OCNCCOCCOCCOCCOCCOCCOCCOCCOCCC(=O)N2CCc3cc(Cn4nc(-c5ccc6oc(N)nc6c5)c5c(N)ncnc54)ccc3C2)[C@H](C)/C=C(\C)[C@@H](O)[C@@H](O)C(=O)[C@H](C)C[C@H](C)/C=C/C=C/C=C/1C. The number of amides is 2. The normalized spacial score (nSPS) is 27.8. The Labute approximate surface area is 739 Å². The van der Waals surface area contributed by atoms with E-state index in [2.05, 4.69) is 38.5 Å². The molecule has 5 aromatic rings. The van der Waals surface area contributed by atoms with Crippen LogP contribution in [0, 0.1) is 29.6 Å². The molecule has 1 aliphatic carbocycles. The highest BCUT2D eigenvalue weighted by atomic mass is 16.6. The molecule has 1 saturated carbocycles. The first kappa shape index (κ1) is 100. The Balaban J connectivity index is 0.595. The number of piperidine rings is 1. The van der Waals surface area contributed by atoms with E-state index < -0.39 is 95.7 Å². The Hall–Kier alpha value is -7.95. The number of Topliss-reactive ketones (excluding diaryl/α,β-unsaturated/α-hetero) is 2. The van der Waals surface area contributed by atoms with Crippen LogP contribution in [0.2, 0.25) is 0 Å². The van der Waals surface area contributed by atoms with Crippen LogP contribution in [-0.2, 0) is 110 Å². The number of anilines is 2. The first-order valence-corrected chi connectivity index (χ1v) is 44.7. The first-order chi connectivity index (χ1) is 60.9. The summed E-state index contributed by atoms with van der Waals surface area (Å²) in [7, 11) is 4.88. The van der Waals surface area contributed by atoms with Gasteiger partial charge >= 0.3 is 5.97 Å². The number of fused-ring (bicyclic) bond motifs is 6. The number of cyclic esters (lactones) is 1. The van der Waals surface area contributed by atoms with Gasteiger partial charge in [-0.2, -0.15) is 10.1 Å². The molecule has 126 heavy (non-hydrogen) atoms. The highest BCUT2D eigenvalue weighted by Gasteiger charge is 2.53. The number of aromatic nitrogens is 5. The molecule has 7 heterocycles. The Morgan fingerprint density at radius 3 is 2.04 bits per heavy atom. The van der Waals surface area contributed by atoms with Crippen molar-refractivity contribution in [3.63, 3.8) is 0 Å². The second kappa shape index (κ2) is 51.4. The van der Waals surface area contributed by atoms with Gasteiger partial charge in [-0.05, 0) is 142 Å². The summed E-state index contributed by atoms with van der Waals surface area (Å²) in [5.41, 5.74) is 27.1. The molecule has 16 atom stereocenters. The van der Waals surface area contributed by atoms with E-state index >= 15 is 0 Å². The molecule has 3 aromatic heterocycles. The number of esters is 1. The smallest absolute Gasteiger partial charge is 0.329 e. The predicted molar refractivity (Wildman–Crippen MR) is 470 cm³/mol. The number of nitrogen functional groups attached to an aromatic ring is 2. The number of aliphatic hydroxyl groups is 3. The molecule has 10 N–H and O–H groups in total. The van der Waals surface area contributed by atoms with Crippen molar-refractivity contribution < 1.29 is 110 Å². The number of ether oxygens (including phenoxy) is 14. The highest BCUT2D eigenvalue weighted by molar-refractivity contribution is 6.39. The molecule has 0 radical (unpaired) electrons. The van der Waals surface area contributed by atoms with Crippen molar-refractivity contribution in [3.8, 4) is 11.3 Å². The molecule has 5 aliphatic rings. The number of allylic oxidation sites excluding steroid dienone is 5. The Bertz CT molecular complexity index is 4370. The van der Waals surface area contributed by atoms with Gasteiger partial charge in [0.25, 0.3) is 17.7 Å². The van der Waals surface area contributed by atoms with E-state index in [0.29, 0.717) is 216 Å². The van der Waals surface area contributed by atoms with Gasteiger partial charge in [-0.15, -0.1) is 0 Å². The number of carbonyl (C=O) groups is 5. The molecule has 2 aromatic carbocycles. The average molecular weight is 1770 g/mol. The van der Waals surface area contributed by atoms with Gasteiger partial charge in [0.1, 0.15) is 47.7 Å². The van der Waals surface area contributed by atoms with E-state index in [1.54, 1.807) is 54.2 Å². The number of nitrogens with zero attached hydrogens (tertiary/aromatic N) is 7. The lowest BCUT2D eigenvalue weighted by atomic mass is 9.80. The molecule has 2 saturated heterocycles. The number of oxazole rings is 1. The fraction of sp³-hybridized carbons (Fsp3) is 0.663. The van der Waals surface area contributed by atoms with Crippen LogP contribution in [0.25, 0.3) is 33.4 Å². The molecule has 2 amide bonds. The highest BCUT2D eigenvalue weighted by Crippen LogP contribution is 2.39. The van der Waals surface area contributed by atoms with Crippen molar-refractivity contribution in [1.82, 2.24) is 39.8 Å². The Kier molecular flexibility index (Phi) is 40.9. The monoisotopic (exact) mass is 1760 g/mol. The summed E-state index contributed by atoms with van der Waals surface area (Å²) < 4.78 is 89.9. The minimum atomic E-state index is -2.48. The number of benzene rings is 2. The van der Waals surface area contributed by atoms with E-state index in [-0.39, 0.29) is 74.9 Å². The molecule has 698 valence electrons. The fourth-order valence-electron chi connectivity index (χ4n) is 17.1. The molecule has 34 heteroatoms. The van der Waals surface area contributed by atoms with Gasteiger partial charge in [0.15, 0.2) is 17.0 Å². The van der Waals surface area contributed by atoms with Gasteiger partial charge in [-0.3, -0.25) is 24.5 Å². The van der Waals surface area contributed by atoms with E-state index in [9.17, 15) is 39.3 Å². The molecular weight excluding hydrogens is 1630 g/mol. The van der Waals surface area contributed by atoms with Gasteiger partial charge in [0.05, 0.1) is 161 Å². The molecule has 4 aliphatic heterocycles. The number of ketones is 2. The number of nitrogens with one attached hydrogen (secondary N) is 1. The number of methoxy groups -OCH3 is 3. The van der Waals surface area contributed by atoms with Crippen molar-refractivity contribution in [1.29, 1.82) is 0 Å². The van der Waals surface area contributed by atoms with Crippen molar-refractivity contribution in [2.24, 2.45) is 35.3 Å². The van der Waals surface area contributed by atoms with Crippen LogP contribution >= 0.6 is 0 Å². The van der Waals surface area contributed by atoms with E-state index in [0.717, 1.165) is 41.5 Å². The fourth-order valence-corrected chi connectivity index (χ4v) is 17.1. The van der Waals surface area contributed by atoms with Crippen LogP contribution in [0.4, 0.5) is 11.8 Å². The van der Waals surface area contributed by atoms with Gasteiger partial charge in [0, 0.05) is 89.7 Å². The number of aliphatic hydroxyl groups excluding tert-OH is 2. The van der Waals surface area contributed by atoms with E-state index in [4.69, 9.17) is 93.0 Å². The van der Waals surface area contributed by atoms with Crippen molar-refractivity contribution in [2.45, 2.75) is 211 Å². The summed E-state index contributed by atoms with van der Waals surface area (Å²) in [6, 6.07) is 9.95. The number of rotatable bonds is 39. The maximum Gasteiger partial charge on any atom is 0.329 e. The zero-order valence-electron chi connectivity index (χ0n) is 75.0. The van der Waals surface area contributed by atoms with E-state index in [1.807, 2.05) is 72.9 Å². The maximum atomic E-state index is 15.0. The minimum absolute atomic E-state index is 0.00291. The second-order valence-corrected chi connectivity index (χ2v) is 33.8. The minimum Gasteiger partial charge on any atom is -0.459 e. The van der Waals surface area contributed by atoms with Crippen molar-refractivity contribution in [2.75, 3.05) is 165 Å². The third kappa shape index (κ3) is 29.3. The van der Waals surface area contributed by atoms with Crippen LogP contribution in [0.1, 0.15) is 142 Å². The summed E-state index contributed by atoms with van der Waals surface area (Å²) in [4.78, 5) is 87.5. The van der Waals surface area contributed by atoms with Crippen molar-refractivity contribution in [3.05, 3.63) is 107 Å². The van der Waals surface area contributed by atoms with Crippen LogP contribution in [0.15, 0.2) is 94.7 Å². The lowest BCUT2D eigenvalue weighted by Gasteiger charge is -2.43. The predicted octanol–water partition coefficient (Wildman–Crippen LogP) is 7.50. The quantitative estimate of drug-likeness (QED) is 0.00658. The molecule has 0 unspecified atom stereocenters. The third-order valence-electron chi connectivity index (χ3n) is 24.5. The van der Waals surface area contributed by atoms with Crippen LogP contribution in [0.5, 0.6) is 0 Å². The molecule has 10 rings (SSSR count). The Morgan fingerprint density at radius 1 is 0.690 bits per heavy atom. The lowest BCUT2D eigenvalue weighted by Crippen LogP contribution is -2.61. The summed E-state index contributed by atoms with van der Waals surface area (Å²) in [5, 5.41) is 44.2. The number of carbonyl (C=O) groups excluding carboxylic acids is 5. The summed E-state index contributed by atoms with van der Waals surface area (Å²) in [6.45, 7) is 18.7. The van der Waals surface area contributed by atoms with Gasteiger partial charge in [0.2, 0.25) is 11.7 Å². The molecule has 0 spiro atoms. The van der Waals surface area contributed by atoms with Crippen LogP contribution in [-0.4, -0.2) is 299 Å². The van der Waals surface area contributed by atoms with Crippen LogP contribution < -0.4 is 22.5 Å². The number of hydrogen-bond donors (Lipinski definition) is 7. The van der Waals surface area contributed by atoms with Gasteiger partial charge in [-0.1, -0.05) is 82.4 Å². The Morgan fingerprint density at radius 2 is 1.37 bits per heavy atom. The average Bonchev–Trinajstić information content (AvgIpc) is 1.45. The number of nitrogens with two attached hydrogens (primary N) is 3. The summed E-state index contributed by atoms with van der Waals surface area (Å²) in [6.07, 6.45) is 12.5. The lowest BCUT2D eigenvalue weighted by molar-refractivity contribution is -0.265. The zero-order chi connectivity index (χ0) is 90.1. The van der Waals surface area contributed by atoms with E-state index in [1.165, 1.54) is 16.8 Å². The van der Waals surface area contributed by atoms with Gasteiger partial charge < -0.3 is 113 Å². The van der Waals surface area contributed by atoms with Crippen molar-refractivity contribution >= 4 is 63.3 Å². The molecule has 34 nitrogen and oxygen atoms in total. The topological polar surface area (TPSA) is 441 Å². The standard InChI is InChI=1S/C92H137N11O23/c1-59-15-11-10-12-16-60(2)76(113-8)53-70-23-18-64(6)92(111,126-70)86(108)89(109)102-29-14-13-17-73(102)90(110)124-78(71(93)50-65-20-24-75(112-7)79(51-65)114-9)54-77(61(3)48-63(5)84(106)85(107)83(105)62(4)47-59)123-58-96-28-32-116-34-36-118-38-40-120-42-44-122-46-45-121-43-41-119-39-37-117-35-33-115-31-27-80(104)101-30-26-67-49-66(19-21-69(67)56-101)55-103-88-81(87(94)97-57-98-88)82(100-103)68-22-25-74-72(52-68)99-91(95)125-74/h10-12,15-16,19,21-22,25,48-49,52,57,59,61-62,64-65,70-71,73,75-79,84-85,96,106-107,111H,13-14,17-18,20,23-24,26-47,50-51,53-56,58,93H2,1-9H3,(H2,95,99)(H2,94,97,98)/b12-10+,15-11+,60-16+,63-48+/t59-,61-,62-,64-,65+,70+,71-,73+,75-,76+,77-,78+,79-,84-,85+,92-/m1/s1. The summed E-state index contributed by atoms with van der Waals surface area (Å²) >= 11 is 0.